The number of hydrogen-bond acceptors (Lipinski definition) is 2. The van der Waals surface area contributed by atoms with Crippen molar-refractivity contribution >= 4 is 21.9 Å². The van der Waals surface area contributed by atoms with Crippen LogP contribution in [0, 0.1) is 0 Å². The average molecular weight is 243 g/mol. The number of carboxylic acid groups (broad SMARTS) is 1. The number of benzene rings is 1. The Balaban J connectivity index is 2.16. The molecule has 0 unspecified atom stereocenters. The summed E-state index contributed by atoms with van der Waals surface area (Å²) in [5, 5.41) is 8.62. The van der Waals surface area contributed by atoms with E-state index in [1.54, 1.807) is 0 Å². The largest absolute Gasteiger partial charge is 0.479 e. The van der Waals surface area contributed by atoms with Gasteiger partial charge in [0.15, 0.2) is 6.10 Å². The van der Waals surface area contributed by atoms with E-state index in [1.165, 1.54) is 0 Å². The van der Waals surface area contributed by atoms with Gasteiger partial charge < -0.3 is 9.84 Å². The van der Waals surface area contributed by atoms with E-state index in [2.05, 4.69) is 15.9 Å². The van der Waals surface area contributed by atoms with E-state index in [0.29, 0.717) is 0 Å². The van der Waals surface area contributed by atoms with Gasteiger partial charge >= 0.3 is 5.97 Å². The second-order valence-corrected chi connectivity index (χ2v) is 3.79. The first-order chi connectivity index (χ1) is 6.18. The summed E-state index contributed by atoms with van der Waals surface area (Å²) in [6.45, 7) is 0. The van der Waals surface area contributed by atoms with Crippen LogP contribution in [0.5, 0.6) is 0 Å². The normalized spacial score (nSPS) is 25.6. The smallest absolute Gasteiger partial charge is 0.335 e. The van der Waals surface area contributed by atoms with Crippen molar-refractivity contribution in [2.24, 2.45) is 0 Å². The fraction of sp³-hybridized carbons (Fsp3) is 0.222. The molecule has 1 heterocycles. The van der Waals surface area contributed by atoms with Gasteiger partial charge in [-0.05, 0) is 17.7 Å². The first-order valence-electron chi connectivity index (χ1n) is 3.82. The van der Waals surface area contributed by atoms with Crippen LogP contribution in [0.15, 0.2) is 28.7 Å². The summed E-state index contributed by atoms with van der Waals surface area (Å²) in [6, 6.07) is 7.48. The van der Waals surface area contributed by atoms with Crippen molar-refractivity contribution in [1.29, 1.82) is 0 Å². The Bertz CT molecular complexity index is 350. The third-order valence-electron chi connectivity index (χ3n) is 1.91. The number of aliphatic carboxylic acids is 1. The monoisotopic (exact) mass is 242 g/mol. The standard InChI is InChI=1S/C9H7BrO3/c10-6-3-1-2-5(4-6)7-8(13-7)9(11)12/h1-4,7-8H,(H,11,12)/t7-,8+/m1/s1. The molecule has 0 aromatic heterocycles. The first kappa shape index (κ1) is 8.72. The van der Waals surface area contributed by atoms with E-state index >= 15 is 0 Å². The van der Waals surface area contributed by atoms with Gasteiger partial charge in [0, 0.05) is 4.47 Å². The van der Waals surface area contributed by atoms with Crippen LogP contribution in [0.1, 0.15) is 11.7 Å². The van der Waals surface area contributed by atoms with E-state index in [1.807, 2.05) is 24.3 Å². The zero-order chi connectivity index (χ0) is 9.42. The van der Waals surface area contributed by atoms with Gasteiger partial charge in [0.25, 0.3) is 0 Å². The molecule has 2 atom stereocenters. The number of halogens is 1. The van der Waals surface area contributed by atoms with Crippen LogP contribution < -0.4 is 0 Å². The minimum atomic E-state index is -0.898. The first-order valence-corrected chi connectivity index (χ1v) is 4.61. The molecule has 0 amide bonds. The lowest BCUT2D eigenvalue weighted by Gasteiger charge is -1.95. The van der Waals surface area contributed by atoms with Crippen molar-refractivity contribution in [3.8, 4) is 0 Å². The molecule has 1 aromatic rings. The molecular formula is C9H7BrO3. The minimum absolute atomic E-state index is 0.269. The molecule has 13 heavy (non-hydrogen) atoms. The van der Waals surface area contributed by atoms with E-state index in [0.717, 1.165) is 10.0 Å². The second-order valence-electron chi connectivity index (χ2n) is 2.87. The number of epoxide rings is 1. The summed E-state index contributed by atoms with van der Waals surface area (Å²) in [4.78, 5) is 10.5. The van der Waals surface area contributed by atoms with Crippen molar-refractivity contribution in [2.75, 3.05) is 0 Å². The molecule has 1 saturated heterocycles. The quantitative estimate of drug-likeness (QED) is 0.808. The van der Waals surface area contributed by atoms with E-state index in [-0.39, 0.29) is 6.10 Å². The van der Waals surface area contributed by atoms with Crippen molar-refractivity contribution < 1.29 is 14.6 Å². The number of ether oxygens (including phenoxy) is 1. The maximum atomic E-state index is 10.5. The van der Waals surface area contributed by atoms with Crippen LogP contribution in [0.3, 0.4) is 0 Å². The molecule has 1 aliphatic heterocycles. The second kappa shape index (κ2) is 3.12. The maximum absolute atomic E-state index is 10.5. The molecule has 68 valence electrons. The molecular weight excluding hydrogens is 236 g/mol. The van der Waals surface area contributed by atoms with Gasteiger partial charge in [-0.25, -0.2) is 4.79 Å². The topological polar surface area (TPSA) is 49.8 Å². The fourth-order valence-electron chi connectivity index (χ4n) is 1.24. The van der Waals surface area contributed by atoms with Gasteiger partial charge in [0.1, 0.15) is 6.10 Å². The van der Waals surface area contributed by atoms with Gasteiger partial charge in [-0.15, -0.1) is 0 Å². The molecule has 1 N–H and O–H groups in total. The van der Waals surface area contributed by atoms with Gasteiger partial charge in [-0.1, -0.05) is 28.1 Å². The molecule has 0 aliphatic carbocycles. The van der Waals surface area contributed by atoms with Crippen molar-refractivity contribution in [1.82, 2.24) is 0 Å². The summed E-state index contributed by atoms with van der Waals surface area (Å²) in [5.74, 6) is -0.898. The highest BCUT2D eigenvalue weighted by atomic mass is 79.9. The van der Waals surface area contributed by atoms with E-state index in [9.17, 15) is 4.79 Å². The van der Waals surface area contributed by atoms with Crippen LogP contribution in [0.2, 0.25) is 0 Å². The predicted molar refractivity (Wildman–Crippen MR) is 49.4 cm³/mol. The number of hydrogen-bond donors (Lipinski definition) is 1. The molecule has 1 aromatic carbocycles. The van der Waals surface area contributed by atoms with Gasteiger partial charge in [0.05, 0.1) is 0 Å². The lowest BCUT2D eigenvalue weighted by atomic mass is 10.1. The van der Waals surface area contributed by atoms with Crippen molar-refractivity contribution in [3.05, 3.63) is 34.3 Å². The molecule has 1 aliphatic rings. The van der Waals surface area contributed by atoms with Crippen LogP contribution in [-0.2, 0) is 9.53 Å². The zero-order valence-electron chi connectivity index (χ0n) is 6.61. The predicted octanol–water partition coefficient (Wildman–Crippen LogP) is 1.97. The summed E-state index contributed by atoms with van der Waals surface area (Å²) in [5.41, 5.74) is 0.904. The van der Waals surface area contributed by atoms with Crippen molar-refractivity contribution in [2.45, 2.75) is 12.2 Å². The third kappa shape index (κ3) is 1.73. The highest BCUT2D eigenvalue weighted by Crippen LogP contribution is 2.39. The third-order valence-corrected chi connectivity index (χ3v) is 2.41. The van der Waals surface area contributed by atoms with Crippen molar-refractivity contribution in [3.63, 3.8) is 0 Å². The Morgan fingerprint density at radius 3 is 2.85 bits per heavy atom. The molecule has 0 spiro atoms. The summed E-state index contributed by atoms with van der Waals surface area (Å²) >= 11 is 3.31. The van der Waals surface area contributed by atoms with Crippen LogP contribution in [-0.4, -0.2) is 17.2 Å². The molecule has 2 rings (SSSR count). The zero-order valence-corrected chi connectivity index (χ0v) is 8.19. The highest BCUT2D eigenvalue weighted by Gasteiger charge is 2.46. The summed E-state index contributed by atoms with van der Waals surface area (Å²) in [7, 11) is 0. The van der Waals surface area contributed by atoms with Crippen LogP contribution >= 0.6 is 15.9 Å². The SMILES string of the molecule is O=C(O)[C@H]1O[C@@H]1c1cccc(Br)c1. The minimum Gasteiger partial charge on any atom is -0.479 e. The Morgan fingerprint density at radius 2 is 2.31 bits per heavy atom. The summed E-state index contributed by atoms with van der Waals surface area (Å²) in [6.07, 6.45) is -0.927. The lowest BCUT2D eigenvalue weighted by molar-refractivity contribution is -0.138. The van der Waals surface area contributed by atoms with E-state index < -0.39 is 12.1 Å². The highest BCUT2D eigenvalue weighted by molar-refractivity contribution is 9.10. The van der Waals surface area contributed by atoms with Crippen LogP contribution in [0.25, 0.3) is 0 Å². The van der Waals surface area contributed by atoms with Crippen LogP contribution in [0.4, 0.5) is 0 Å². The fourth-order valence-corrected chi connectivity index (χ4v) is 1.65. The molecule has 4 heteroatoms. The average Bonchev–Trinajstić information content (AvgIpc) is 2.82. The lowest BCUT2D eigenvalue weighted by Crippen LogP contribution is -2.04. The molecule has 1 fully saturated rings. The molecule has 0 bridgehead atoms. The Morgan fingerprint density at radius 1 is 1.54 bits per heavy atom. The van der Waals surface area contributed by atoms with Gasteiger partial charge in [-0.3, -0.25) is 0 Å². The molecule has 3 nitrogen and oxygen atoms in total. The Labute approximate surface area is 83.5 Å². The molecule has 0 saturated carbocycles. The van der Waals surface area contributed by atoms with Gasteiger partial charge in [0.2, 0.25) is 0 Å². The Hall–Kier alpha value is -0.870. The maximum Gasteiger partial charge on any atom is 0.335 e. The Kier molecular flexibility index (Phi) is 2.09. The molecule has 0 radical (unpaired) electrons. The summed E-state index contributed by atoms with van der Waals surface area (Å²) < 4.78 is 5.93. The van der Waals surface area contributed by atoms with Gasteiger partial charge in [-0.2, -0.15) is 0 Å². The number of rotatable bonds is 2. The van der Waals surface area contributed by atoms with E-state index in [4.69, 9.17) is 9.84 Å². The number of carbonyl (C=O) groups is 1. The number of carboxylic acids is 1.